The summed E-state index contributed by atoms with van der Waals surface area (Å²) in [4.78, 5) is 26.5. The van der Waals surface area contributed by atoms with E-state index < -0.39 is 16.1 Å². The molecule has 0 saturated heterocycles. The molecule has 2 aromatic carbocycles. The number of anilines is 1. The molecule has 8 heteroatoms. The molecule has 33 heavy (non-hydrogen) atoms. The Kier molecular flexibility index (Phi) is 7.59. The number of carbonyl (C=O) groups is 2. The summed E-state index contributed by atoms with van der Waals surface area (Å²) in [6.45, 7) is 9.49. The molecular formula is C25H33N3O4S. The molecule has 0 spiro atoms. The minimum Gasteiger partial charge on any atom is -0.354 e. The molecule has 0 fully saturated rings. The van der Waals surface area contributed by atoms with Gasteiger partial charge in [-0.15, -0.1) is 0 Å². The van der Waals surface area contributed by atoms with Crippen molar-refractivity contribution in [2.45, 2.75) is 64.4 Å². The fourth-order valence-corrected chi connectivity index (χ4v) is 5.57. The molecule has 0 bridgehead atoms. The van der Waals surface area contributed by atoms with Crippen LogP contribution >= 0.6 is 0 Å². The van der Waals surface area contributed by atoms with E-state index in [1.54, 1.807) is 17.0 Å². The van der Waals surface area contributed by atoms with Crippen LogP contribution in [-0.2, 0) is 32.5 Å². The van der Waals surface area contributed by atoms with Crippen molar-refractivity contribution in [2.24, 2.45) is 5.92 Å². The van der Waals surface area contributed by atoms with E-state index in [-0.39, 0.29) is 28.7 Å². The number of fused-ring (bicyclic) bond motifs is 1. The molecule has 7 nitrogen and oxygen atoms in total. The van der Waals surface area contributed by atoms with Crippen LogP contribution in [0.2, 0.25) is 0 Å². The highest BCUT2D eigenvalue weighted by Gasteiger charge is 2.32. The van der Waals surface area contributed by atoms with Crippen molar-refractivity contribution >= 4 is 27.5 Å². The maximum Gasteiger partial charge on any atom is 0.241 e. The van der Waals surface area contributed by atoms with Crippen molar-refractivity contribution < 1.29 is 18.0 Å². The minimum atomic E-state index is -3.92. The Labute approximate surface area is 196 Å². The van der Waals surface area contributed by atoms with Crippen LogP contribution in [0.3, 0.4) is 0 Å². The lowest BCUT2D eigenvalue weighted by molar-refractivity contribution is -0.123. The van der Waals surface area contributed by atoms with Crippen molar-refractivity contribution in [3.63, 3.8) is 0 Å². The van der Waals surface area contributed by atoms with Crippen molar-refractivity contribution in [2.75, 3.05) is 11.4 Å². The van der Waals surface area contributed by atoms with Gasteiger partial charge in [0.15, 0.2) is 0 Å². The Bertz CT molecular complexity index is 1130. The number of hydrogen-bond acceptors (Lipinski definition) is 4. The largest absolute Gasteiger partial charge is 0.354 e. The molecule has 2 amide bonds. The van der Waals surface area contributed by atoms with E-state index in [9.17, 15) is 18.0 Å². The van der Waals surface area contributed by atoms with Crippen LogP contribution in [0.4, 0.5) is 5.69 Å². The first kappa shape index (κ1) is 24.9. The SMILES string of the molecule is CC(=O)N1c2ccc(S(=O)(=O)NC(C(=O)NCCc3ccc(C)cc3)C(C)C)cc2CC1C. The topological polar surface area (TPSA) is 95.6 Å². The third kappa shape index (κ3) is 5.81. The standard InChI is InChI=1S/C25H33N3O4S/c1-16(2)24(25(30)26-13-12-20-8-6-17(3)7-9-20)27-33(31,32)22-10-11-23-21(15-22)14-18(4)28(23)19(5)29/h6-11,15-16,18,24,27H,12-14H2,1-5H3,(H,26,30). The maximum atomic E-state index is 13.1. The van der Waals surface area contributed by atoms with Gasteiger partial charge in [0.25, 0.3) is 0 Å². The van der Waals surface area contributed by atoms with Crippen molar-refractivity contribution in [3.05, 3.63) is 59.2 Å². The zero-order chi connectivity index (χ0) is 24.3. The number of carbonyl (C=O) groups excluding carboxylic acids is 2. The highest BCUT2D eigenvalue weighted by Crippen LogP contribution is 2.34. The van der Waals surface area contributed by atoms with Gasteiger partial charge in [-0.1, -0.05) is 43.7 Å². The third-order valence-electron chi connectivity index (χ3n) is 5.98. The predicted octanol–water partition coefficient (Wildman–Crippen LogP) is 2.95. The van der Waals surface area contributed by atoms with Crippen LogP contribution in [-0.4, -0.2) is 38.9 Å². The fourth-order valence-electron chi connectivity index (χ4n) is 4.18. The van der Waals surface area contributed by atoms with E-state index in [2.05, 4.69) is 10.0 Å². The van der Waals surface area contributed by atoms with Crippen LogP contribution in [0.25, 0.3) is 0 Å². The van der Waals surface area contributed by atoms with Crippen LogP contribution in [0.5, 0.6) is 0 Å². The van der Waals surface area contributed by atoms with E-state index in [1.807, 2.05) is 52.0 Å². The van der Waals surface area contributed by atoms with Gasteiger partial charge < -0.3 is 10.2 Å². The molecule has 178 valence electrons. The second kappa shape index (κ2) is 10.1. The molecule has 0 aliphatic carbocycles. The second-order valence-electron chi connectivity index (χ2n) is 9.10. The molecule has 2 N–H and O–H groups in total. The van der Waals surface area contributed by atoms with Gasteiger partial charge in [0.05, 0.1) is 4.90 Å². The van der Waals surface area contributed by atoms with Gasteiger partial charge >= 0.3 is 0 Å². The normalized spacial score (nSPS) is 16.5. The predicted molar refractivity (Wildman–Crippen MR) is 130 cm³/mol. The Hall–Kier alpha value is -2.71. The van der Waals surface area contributed by atoms with Crippen LogP contribution in [0.1, 0.15) is 44.4 Å². The molecule has 1 aliphatic heterocycles. The lowest BCUT2D eigenvalue weighted by Gasteiger charge is -2.22. The van der Waals surface area contributed by atoms with Gasteiger partial charge in [0.2, 0.25) is 21.8 Å². The summed E-state index contributed by atoms with van der Waals surface area (Å²) in [5.74, 6) is -0.655. The van der Waals surface area contributed by atoms with Crippen LogP contribution in [0.15, 0.2) is 47.4 Å². The molecule has 0 aromatic heterocycles. The summed E-state index contributed by atoms with van der Waals surface area (Å²) < 4.78 is 28.8. The van der Waals surface area contributed by atoms with Gasteiger partial charge in [-0.25, -0.2) is 8.42 Å². The molecule has 2 aromatic rings. The van der Waals surface area contributed by atoms with Crippen molar-refractivity contribution in [1.82, 2.24) is 10.0 Å². The third-order valence-corrected chi connectivity index (χ3v) is 7.42. The number of nitrogens with zero attached hydrogens (tertiary/aromatic N) is 1. The summed E-state index contributed by atoms with van der Waals surface area (Å²) in [6.07, 6.45) is 1.25. The number of hydrogen-bond donors (Lipinski definition) is 2. The molecular weight excluding hydrogens is 438 g/mol. The van der Waals surface area contributed by atoms with Gasteiger partial charge in [-0.05, 0) is 61.9 Å². The first-order chi connectivity index (χ1) is 15.5. The first-order valence-electron chi connectivity index (χ1n) is 11.3. The Morgan fingerprint density at radius 1 is 1.12 bits per heavy atom. The van der Waals surface area contributed by atoms with E-state index >= 15 is 0 Å². The number of nitrogens with one attached hydrogen (secondary N) is 2. The lowest BCUT2D eigenvalue weighted by atomic mass is 10.0. The molecule has 2 atom stereocenters. The first-order valence-corrected chi connectivity index (χ1v) is 12.8. The summed E-state index contributed by atoms with van der Waals surface area (Å²) in [6, 6.07) is 11.9. The zero-order valence-corrected chi connectivity index (χ0v) is 20.7. The van der Waals surface area contributed by atoms with Gasteiger partial charge in [0, 0.05) is 25.2 Å². The fraction of sp³-hybridized carbons (Fsp3) is 0.440. The highest BCUT2D eigenvalue weighted by atomic mass is 32.2. The quantitative estimate of drug-likeness (QED) is 0.619. The van der Waals surface area contributed by atoms with Gasteiger partial charge in [-0.3, -0.25) is 9.59 Å². The number of amides is 2. The molecule has 0 saturated carbocycles. The number of aryl methyl sites for hydroxylation is 1. The summed E-state index contributed by atoms with van der Waals surface area (Å²) in [7, 11) is -3.92. The molecule has 1 aliphatic rings. The number of benzene rings is 2. The Morgan fingerprint density at radius 2 is 1.79 bits per heavy atom. The van der Waals surface area contributed by atoms with E-state index in [0.29, 0.717) is 19.4 Å². The summed E-state index contributed by atoms with van der Waals surface area (Å²) in [5.41, 5.74) is 3.83. The van der Waals surface area contributed by atoms with E-state index in [4.69, 9.17) is 0 Å². The molecule has 2 unspecified atom stereocenters. The van der Waals surface area contributed by atoms with E-state index in [0.717, 1.165) is 16.8 Å². The van der Waals surface area contributed by atoms with Gasteiger partial charge in [0.1, 0.15) is 6.04 Å². The minimum absolute atomic E-state index is 0.0221. The summed E-state index contributed by atoms with van der Waals surface area (Å²) in [5, 5.41) is 2.86. The highest BCUT2D eigenvalue weighted by molar-refractivity contribution is 7.89. The smallest absolute Gasteiger partial charge is 0.241 e. The van der Waals surface area contributed by atoms with Crippen LogP contribution in [0, 0.1) is 12.8 Å². The molecule has 0 radical (unpaired) electrons. The zero-order valence-electron chi connectivity index (χ0n) is 19.9. The lowest BCUT2D eigenvalue weighted by Crippen LogP contribution is -2.49. The molecule has 1 heterocycles. The van der Waals surface area contributed by atoms with Crippen molar-refractivity contribution in [1.29, 1.82) is 0 Å². The average Bonchev–Trinajstić information content (AvgIpc) is 3.08. The monoisotopic (exact) mass is 471 g/mol. The number of sulfonamides is 1. The Balaban J connectivity index is 1.69. The number of rotatable bonds is 8. The average molecular weight is 472 g/mol. The summed E-state index contributed by atoms with van der Waals surface area (Å²) >= 11 is 0. The van der Waals surface area contributed by atoms with Gasteiger partial charge in [-0.2, -0.15) is 4.72 Å². The van der Waals surface area contributed by atoms with Crippen LogP contribution < -0.4 is 14.9 Å². The van der Waals surface area contributed by atoms with Crippen molar-refractivity contribution in [3.8, 4) is 0 Å². The molecule has 3 rings (SSSR count). The van der Waals surface area contributed by atoms with E-state index in [1.165, 1.54) is 18.6 Å². The Morgan fingerprint density at radius 3 is 2.39 bits per heavy atom. The maximum absolute atomic E-state index is 13.1. The second-order valence-corrected chi connectivity index (χ2v) is 10.8.